The number of amides is 2. The molecule has 5 nitrogen and oxygen atoms in total. The average Bonchev–Trinajstić information content (AvgIpc) is 2.92. The number of carbonyl (C=O) groups is 2. The van der Waals surface area contributed by atoms with Crippen molar-refractivity contribution in [2.24, 2.45) is 0 Å². The molecule has 0 heterocycles. The number of carbonyl (C=O) groups excluding carboxylic acids is 2. The van der Waals surface area contributed by atoms with Gasteiger partial charge in [-0.1, -0.05) is 103 Å². The molecule has 176 valence electrons. The van der Waals surface area contributed by atoms with Crippen molar-refractivity contribution in [3.8, 4) is 11.1 Å². The summed E-state index contributed by atoms with van der Waals surface area (Å²) in [5.41, 5.74) is 5.34. The van der Waals surface area contributed by atoms with Gasteiger partial charge in [-0.15, -0.1) is 0 Å². The number of benzene rings is 4. The van der Waals surface area contributed by atoms with Crippen molar-refractivity contribution < 1.29 is 14.3 Å². The minimum atomic E-state index is -0.468. The third-order valence-corrected chi connectivity index (χ3v) is 5.67. The van der Waals surface area contributed by atoms with Gasteiger partial charge in [0.1, 0.15) is 0 Å². The van der Waals surface area contributed by atoms with E-state index in [1.165, 1.54) is 0 Å². The molecule has 0 bridgehead atoms. The van der Waals surface area contributed by atoms with Gasteiger partial charge in [0.25, 0.3) is 5.91 Å². The molecule has 0 unspecified atom stereocenters. The molecular formula is C30H28N2O3. The van der Waals surface area contributed by atoms with Crippen LogP contribution in [0.5, 0.6) is 0 Å². The van der Waals surface area contributed by atoms with E-state index in [1.54, 1.807) is 0 Å². The Bertz CT molecular complexity index is 1260. The van der Waals surface area contributed by atoms with E-state index in [0.29, 0.717) is 31.7 Å². The lowest BCUT2D eigenvalue weighted by Crippen LogP contribution is -2.25. The maximum atomic E-state index is 13.0. The topological polar surface area (TPSA) is 67.4 Å². The number of alkyl carbamates (subject to hydrolysis) is 1. The first-order valence-corrected chi connectivity index (χ1v) is 11.6. The Morgan fingerprint density at radius 2 is 1.20 bits per heavy atom. The average molecular weight is 465 g/mol. The minimum Gasteiger partial charge on any atom is -0.449 e. The van der Waals surface area contributed by atoms with Crippen LogP contribution in [-0.2, 0) is 24.2 Å². The molecular weight excluding hydrogens is 436 g/mol. The summed E-state index contributed by atoms with van der Waals surface area (Å²) < 4.78 is 5.34. The second kappa shape index (κ2) is 12.2. The van der Waals surface area contributed by atoms with E-state index in [1.807, 2.05) is 109 Å². The summed E-state index contributed by atoms with van der Waals surface area (Å²) in [6.07, 6.45) is 0.195. The summed E-state index contributed by atoms with van der Waals surface area (Å²) in [6.45, 7) is 1.05. The van der Waals surface area contributed by atoms with Gasteiger partial charge in [-0.2, -0.15) is 0 Å². The van der Waals surface area contributed by atoms with Gasteiger partial charge in [-0.25, -0.2) is 4.79 Å². The van der Waals surface area contributed by atoms with Gasteiger partial charge in [0.15, 0.2) is 0 Å². The fourth-order valence-corrected chi connectivity index (χ4v) is 3.85. The van der Waals surface area contributed by atoms with Crippen LogP contribution in [0.3, 0.4) is 0 Å². The lowest BCUT2D eigenvalue weighted by molar-refractivity contribution is 0.0951. The SMILES string of the molecule is O=C(NCc1ccccc1-c1ccccc1C(=O)NCc1ccccc1)OCCc1ccccc1. The van der Waals surface area contributed by atoms with Crippen molar-refractivity contribution in [3.63, 3.8) is 0 Å². The van der Waals surface area contributed by atoms with Crippen LogP contribution in [0.25, 0.3) is 11.1 Å². The predicted octanol–water partition coefficient (Wildman–Crippen LogP) is 5.75. The molecule has 0 fully saturated rings. The predicted molar refractivity (Wildman–Crippen MR) is 138 cm³/mol. The maximum absolute atomic E-state index is 13.0. The van der Waals surface area contributed by atoms with Crippen LogP contribution in [0.2, 0.25) is 0 Å². The van der Waals surface area contributed by atoms with Crippen LogP contribution in [0.4, 0.5) is 4.79 Å². The van der Waals surface area contributed by atoms with Crippen LogP contribution in [-0.4, -0.2) is 18.6 Å². The molecule has 0 aliphatic carbocycles. The van der Waals surface area contributed by atoms with Crippen molar-refractivity contribution in [1.29, 1.82) is 0 Å². The van der Waals surface area contributed by atoms with Crippen LogP contribution in [0, 0.1) is 0 Å². The Kier molecular flexibility index (Phi) is 8.28. The molecule has 0 atom stereocenters. The molecule has 0 saturated heterocycles. The Balaban J connectivity index is 1.40. The summed E-state index contributed by atoms with van der Waals surface area (Å²) in [4.78, 5) is 25.3. The van der Waals surface area contributed by atoms with Gasteiger partial charge in [-0.3, -0.25) is 4.79 Å². The van der Waals surface area contributed by atoms with Gasteiger partial charge >= 0.3 is 6.09 Å². The van der Waals surface area contributed by atoms with Crippen molar-refractivity contribution >= 4 is 12.0 Å². The van der Waals surface area contributed by atoms with Crippen molar-refractivity contribution in [2.75, 3.05) is 6.61 Å². The van der Waals surface area contributed by atoms with Crippen molar-refractivity contribution in [1.82, 2.24) is 10.6 Å². The molecule has 0 spiro atoms. The minimum absolute atomic E-state index is 0.146. The zero-order valence-electron chi connectivity index (χ0n) is 19.4. The normalized spacial score (nSPS) is 10.4. The molecule has 4 aromatic rings. The van der Waals surface area contributed by atoms with E-state index < -0.39 is 6.09 Å². The highest BCUT2D eigenvalue weighted by molar-refractivity contribution is 6.01. The summed E-state index contributed by atoms with van der Waals surface area (Å²) in [6, 6.07) is 34.9. The maximum Gasteiger partial charge on any atom is 0.407 e. The van der Waals surface area contributed by atoms with E-state index in [0.717, 1.165) is 27.8 Å². The van der Waals surface area contributed by atoms with Crippen LogP contribution in [0.1, 0.15) is 27.0 Å². The Morgan fingerprint density at radius 1 is 0.600 bits per heavy atom. The van der Waals surface area contributed by atoms with Crippen LogP contribution < -0.4 is 10.6 Å². The number of hydrogen-bond acceptors (Lipinski definition) is 3. The standard InChI is InChI=1S/C30H28N2O3/c33-29(31-21-24-13-5-2-6-14-24)28-18-10-9-17-27(28)26-16-8-7-15-25(26)22-32-30(34)35-20-19-23-11-3-1-4-12-23/h1-18H,19-22H2,(H,31,33)(H,32,34). The van der Waals surface area contributed by atoms with E-state index in [2.05, 4.69) is 10.6 Å². The van der Waals surface area contributed by atoms with Gasteiger partial charge in [0.05, 0.1) is 6.61 Å². The molecule has 2 amide bonds. The molecule has 0 aliphatic heterocycles. The molecule has 0 saturated carbocycles. The molecule has 4 aromatic carbocycles. The van der Waals surface area contributed by atoms with Gasteiger partial charge in [0, 0.05) is 25.1 Å². The third-order valence-electron chi connectivity index (χ3n) is 5.67. The fourth-order valence-electron chi connectivity index (χ4n) is 3.85. The first-order valence-electron chi connectivity index (χ1n) is 11.6. The van der Waals surface area contributed by atoms with Crippen molar-refractivity contribution in [2.45, 2.75) is 19.5 Å². The summed E-state index contributed by atoms with van der Waals surface area (Å²) in [5, 5.41) is 5.83. The number of ether oxygens (including phenoxy) is 1. The van der Waals surface area contributed by atoms with Gasteiger partial charge in [-0.05, 0) is 33.9 Å². The highest BCUT2D eigenvalue weighted by atomic mass is 16.5. The van der Waals surface area contributed by atoms with E-state index in [9.17, 15) is 9.59 Å². The van der Waals surface area contributed by atoms with Crippen LogP contribution in [0.15, 0.2) is 109 Å². The molecule has 5 heteroatoms. The van der Waals surface area contributed by atoms with Gasteiger partial charge in [0.2, 0.25) is 0 Å². The molecule has 0 aliphatic rings. The number of nitrogens with one attached hydrogen (secondary N) is 2. The Labute approximate surface area is 205 Å². The zero-order valence-corrected chi connectivity index (χ0v) is 19.4. The van der Waals surface area contributed by atoms with E-state index in [-0.39, 0.29) is 5.91 Å². The fraction of sp³-hybridized carbons (Fsp3) is 0.133. The summed E-state index contributed by atoms with van der Waals surface area (Å²) >= 11 is 0. The number of hydrogen-bond donors (Lipinski definition) is 2. The zero-order chi connectivity index (χ0) is 24.3. The monoisotopic (exact) mass is 464 g/mol. The molecule has 35 heavy (non-hydrogen) atoms. The third kappa shape index (κ3) is 6.81. The lowest BCUT2D eigenvalue weighted by Gasteiger charge is -2.15. The molecule has 0 aromatic heterocycles. The Morgan fingerprint density at radius 3 is 1.94 bits per heavy atom. The first-order chi connectivity index (χ1) is 17.2. The van der Waals surface area contributed by atoms with E-state index in [4.69, 9.17) is 4.74 Å². The lowest BCUT2D eigenvalue weighted by atomic mass is 9.95. The van der Waals surface area contributed by atoms with Crippen molar-refractivity contribution in [3.05, 3.63) is 131 Å². The first kappa shape index (κ1) is 23.8. The molecule has 0 radical (unpaired) electrons. The number of rotatable bonds is 9. The second-order valence-electron chi connectivity index (χ2n) is 8.10. The summed E-state index contributed by atoms with van der Waals surface area (Å²) in [5.74, 6) is -0.146. The molecule has 4 rings (SSSR count). The Hall–Kier alpha value is -4.38. The second-order valence-corrected chi connectivity index (χ2v) is 8.10. The van der Waals surface area contributed by atoms with E-state index >= 15 is 0 Å². The summed E-state index contributed by atoms with van der Waals surface area (Å²) in [7, 11) is 0. The molecule has 2 N–H and O–H groups in total. The van der Waals surface area contributed by atoms with Gasteiger partial charge < -0.3 is 15.4 Å². The smallest absolute Gasteiger partial charge is 0.407 e. The largest absolute Gasteiger partial charge is 0.449 e. The highest BCUT2D eigenvalue weighted by Gasteiger charge is 2.15. The quantitative estimate of drug-likeness (QED) is 0.331. The van der Waals surface area contributed by atoms with Crippen LogP contribution >= 0.6 is 0 Å². The highest BCUT2D eigenvalue weighted by Crippen LogP contribution is 2.27.